The summed E-state index contributed by atoms with van der Waals surface area (Å²) in [6, 6.07) is -0.955. The Balaban J connectivity index is 4.29. The largest absolute Gasteiger partial charge is 0.480 e. The Labute approximate surface area is 113 Å². The van der Waals surface area contributed by atoms with Crippen LogP contribution >= 0.6 is 0 Å². The van der Waals surface area contributed by atoms with Crippen LogP contribution in [0, 0.1) is 5.92 Å². The second-order valence-electron chi connectivity index (χ2n) is 4.68. The molecule has 2 atom stereocenters. The van der Waals surface area contributed by atoms with Crippen LogP contribution in [-0.4, -0.2) is 36.1 Å². The van der Waals surface area contributed by atoms with Crippen LogP contribution in [-0.2, 0) is 19.1 Å². The van der Waals surface area contributed by atoms with Gasteiger partial charge in [0.15, 0.2) is 0 Å². The van der Waals surface area contributed by atoms with Gasteiger partial charge in [-0.05, 0) is 18.8 Å². The Bertz CT molecular complexity index is 316. The molecule has 2 unspecified atom stereocenters. The molecule has 0 saturated carbocycles. The lowest BCUT2D eigenvalue weighted by atomic mass is 9.98. The maximum atomic E-state index is 11.5. The van der Waals surface area contributed by atoms with Gasteiger partial charge in [-0.3, -0.25) is 9.59 Å². The van der Waals surface area contributed by atoms with Crippen molar-refractivity contribution in [2.24, 2.45) is 5.92 Å². The summed E-state index contributed by atoms with van der Waals surface area (Å²) in [4.78, 5) is 33.7. The molecule has 0 bridgehead atoms. The Morgan fingerprint density at radius 2 is 1.95 bits per heavy atom. The van der Waals surface area contributed by atoms with Crippen molar-refractivity contribution in [1.29, 1.82) is 0 Å². The summed E-state index contributed by atoms with van der Waals surface area (Å²) in [6.07, 6.45) is 2.29. The molecule has 0 heterocycles. The number of carbonyl (C=O) groups excluding carboxylic acids is 2. The highest BCUT2D eigenvalue weighted by molar-refractivity contribution is 5.83. The first-order valence-corrected chi connectivity index (χ1v) is 6.49. The molecule has 0 aromatic carbocycles. The van der Waals surface area contributed by atoms with E-state index in [-0.39, 0.29) is 30.6 Å². The molecule has 110 valence electrons. The summed E-state index contributed by atoms with van der Waals surface area (Å²) in [6.45, 7) is 3.71. The van der Waals surface area contributed by atoms with Gasteiger partial charge < -0.3 is 15.2 Å². The van der Waals surface area contributed by atoms with Gasteiger partial charge in [0.2, 0.25) is 5.91 Å². The van der Waals surface area contributed by atoms with E-state index >= 15 is 0 Å². The zero-order chi connectivity index (χ0) is 14.8. The summed E-state index contributed by atoms with van der Waals surface area (Å²) in [5.41, 5.74) is 0. The lowest BCUT2D eigenvalue weighted by Gasteiger charge is -2.18. The van der Waals surface area contributed by atoms with Crippen molar-refractivity contribution in [2.75, 3.05) is 7.11 Å². The molecule has 0 saturated heterocycles. The molecule has 0 aliphatic heterocycles. The number of methoxy groups -OCH3 is 1. The standard InChI is InChI=1S/C13H23NO5/c1-4-5-6-11(15)14-10(13(17)18)7-9(2)8-12(16)19-3/h9-10H,4-8H2,1-3H3,(H,14,15)(H,17,18). The first-order chi connectivity index (χ1) is 8.90. The minimum atomic E-state index is -1.08. The number of esters is 1. The highest BCUT2D eigenvalue weighted by Gasteiger charge is 2.23. The normalized spacial score (nSPS) is 13.4. The molecule has 6 nitrogen and oxygen atoms in total. The topological polar surface area (TPSA) is 92.7 Å². The number of amides is 1. The highest BCUT2D eigenvalue weighted by Crippen LogP contribution is 2.12. The van der Waals surface area contributed by atoms with Crippen LogP contribution in [0.4, 0.5) is 0 Å². The average molecular weight is 273 g/mol. The fourth-order valence-corrected chi connectivity index (χ4v) is 1.68. The molecular formula is C13H23NO5. The van der Waals surface area contributed by atoms with Gasteiger partial charge in [0.05, 0.1) is 7.11 Å². The van der Waals surface area contributed by atoms with Crippen LogP contribution in [0.15, 0.2) is 0 Å². The third-order valence-corrected chi connectivity index (χ3v) is 2.77. The van der Waals surface area contributed by atoms with E-state index in [1.54, 1.807) is 6.92 Å². The van der Waals surface area contributed by atoms with Crippen molar-refractivity contribution in [3.63, 3.8) is 0 Å². The van der Waals surface area contributed by atoms with E-state index in [0.29, 0.717) is 6.42 Å². The number of carboxylic acid groups (broad SMARTS) is 1. The van der Waals surface area contributed by atoms with Gasteiger partial charge in [0.1, 0.15) is 6.04 Å². The fraction of sp³-hybridized carbons (Fsp3) is 0.769. The van der Waals surface area contributed by atoms with Crippen LogP contribution in [0.25, 0.3) is 0 Å². The number of ether oxygens (including phenoxy) is 1. The van der Waals surface area contributed by atoms with Gasteiger partial charge in [-0.15, -0.1) is 0 Å². The lowest BCUT2D eigenvalue weighted by molar-refractivity contribution is -0.144. The number of nitrogens with one attached hydrogen (secondary N) is 1. The Morgan fingerprint density at radius 1 is 1.32 bits per heavy atom. The zero-order valence-corrected chi connectivity index (χ0v) is 11.8. The van der Waals surface area contributed by atoms with Crippen molar-refractivity contribution in [3.05, 3.63) is 0 Å². The van der Waals surface area contributed by atoms with Crippen molar-refractivity contribution in [3.8, 4) is 0 Å². The van der Waals surface area contributed by atoms with E-state index in [1.807, 2.05) is 6.92 Å². The number of rotatable bonds is 9. The van der Waals surface area contributed by atoms with Gasteiger partial charge in [-0.1, -0.05) is 20.3 Å². The maximum Gasteiger partial charge on any atom is 0.326 e. The molecule has 1 amide bonds. The number of unbranched alkanes of at least 4 members (excludes halogenated alkanes) is 1. The molecule has 0 aromatic heterocycles. The van der Waals surface area contributed by atoms with E-state index < -0.39 is 12.0 Å². The third-order valence-electron chi connectivity index (χ3n) is 2.77. The highest BCUT2D eigenvalue weighted by atomic mass is 16.5. The minimum absolute atomic E-state index is 0.144. The molecule has 0 rings (SSSR count). The average Bonchev–Trinajstić information content (AvgIpc) is 2.35. The van der Waals surface area contributed by atoms with E-state index in [9.17, 15) is 14.4 Å². The van der Waals surface area contributed by atoms with Crippen LogP contribution in [0.2, 0.25) is 0 Å². The van der Waals surface area contributed by atoms with E-state index in [0.717, 1.165) is 12.8 Å². The van der Waals surface area contributed by atoms with Crippen molar-refractivity contribution in [2.45, 2.75) is 52.0 Å². The van der Waals surface area contributed by atoms with Gasteiger partial charge in [-0.2, -0.15) is 0 Å². The van der Waals surface area contributed by atoms with Gasteiger partial charge in [-0.25, -0.2) is 4.79 Å². The third kappa shape index (κ3) is 8.18. The Morgan fingerprint density at radius 3 is 2.42 bits per heavy atom. The molecule has 19 heavy (non-hydrogen) atoms. The second kappa shape index (κ2) is 9.35. The van der Waals surface area contributed by atoms with Crippen LogP contribution in [0.1, 0.15) is 46.0 Å². The number of aliphatic carboxylic acids is 1. The van der Waals surface area contributed by atoms with E-state index in [1.165, 1.54) is 7.11 Å². The van der Waals surface area contributed by atoms with Crippen molar-refractivity contribution in [1.82, 2.24) is 5.32 Å². The number of carbonyl (C=O) groups is 3. The number of carboxylic acids is 1. The predicted octanol–water partition coefficient (Wildman–Crippen LogP) is 1.34. The van der Waals surface area contributed by atoms with Gasteiger partial charge >= 0.3 is 11.9 Å². The van der Waals surface area contributed by atoms with E-state index in [2.05, 4.69) is 10.1 Å². The number of hydrogen-bond acceptors (Lipinski definition) is 4. The van der Waals surface area contributed by atoms with Crippen LogP contribution in [0.5, 0.6) is 0 Å². The molecule has 0 aromatic rings. The predicted molar refractivity (Wildman–Crippen MR) is 69.5 cm³/mol. The molecule has 0 aliphatic carbocycles. The molecule has 0 radical (unpaired) electrons. The first kappa shape index (κ1) is 17.4. The fourth-order valence-electron chi connectivity index (χ4n) is 1.68. The van der Waals surface area contributed by atoms with Crippen molar-refractivity contribution < 1.29 is 24.2 Å². The summed E-state index contributed by atoms with van der Waals surface area (Å²) in [5, 5.41) is 11.5. The molecule has 0 spiro atoms. The molecule has 6 heteroatoms. The van der Waals surface area contributed by atoms with Crippen molar-refractivity contribution >= 4 is 17.8 Å². The SMILES string of the molecule is CCCCC(=O)NC(CC(C)CC(=O)OC)C(=O)O. The molecule has 2 N–H and O–H groups in total. The smallest absolute Gasteiger partial charge is 0.326 e. The Kier molecular flexibility index (Phi) is 8.57. The molecule has 0 aliphatic rings. The van der Waals surface area contributed by atoms with Crippen LogP contribution in [0.3, 0.4) is 0 Å². The minimum Gasteiger partial charge on any atom is -0.480 e. The maximum absolute atomic E-state index is 11.5. The molecule has 0 fully saturated rings. The lowest BCUT2D eigenvalue weighted by Crippen LogP contribution is -2.41. The Hall–Kier alpha value is -1.59. The number of hydrogen-bond donors (Lipinski definition) is 2. The van der Waals surface area contributed by atoms with E-state index in [4.69, 9.17) is 5.11 Å². The summed E-state index contributed by atoms with van der Waals surface area (Å²) in [7, 11) is 1.29. The second-order valence-corrected chi connectivity index (χ2v) is 4.68. The van der Waals surface area contributed by atoms with Gasteiger partial charge in [0.25, 0.3) is 0 Å². The summed E-state index contributed by atoms with van der Waals surface area (Å²) >= 11 is 0. The quantitative estimate of drug-likeness (QED) is 0.618. The van der Waals surface area contributed by atoms with Crippen LogP contribution < -0.4 is 5.32 Å². The zero-order valence-electron chi connectivity index (χ0n) is 11.8. The summed E-state index contributed by atoms with van der Waals surface area (Å²) in [5.74, 6) is -1.89. The molecular weight excluding hydrogens is 250 g/mol. The van der Waals surface area contributed by atoms with Gasteiger partial charge in [0, 0.05) is 12.8 Å². The summed E-state index contributed by atoms with van der Waals surface area (Å²) < 4.78 is 4.52. The first-order valence-electron chi connectivity index (χ1n) is 6.49. The monoisotopic (exact) mass is 273 g/mol.